The van der Waals surface area contributed by atoms with Gasteiger partial charge in [-0.25, -0.2) is 0 Å². The Kier molecular flexibility index (Phi) is 4.36. The van der Waals surface area contributed by atoms with Gasteiger partial charge in [-0.1, -0.05) is 60.7 Å². The molecule has 0 amide bonds. The molecule has 0 atom stereocenters. The Morgan fingerprint density at radius 1 is 0.520 bits per heavy atom. The minimum atomic E-state index is -5.13. The standard InChI is InChI=1S/C18H10F6S/c19-17(20,21)13-14(18(22,23)24)16(12-9-5-2-6-10-12)25-15(13)11-7-3-1-4-8-11/h1-10H. The molecule has 0 aliphatic rings. The summed E-state index contributed by atoms with van der Waals surface area (Å²) >= 11 is 0.506. The molecule has 0 bridgehead atoms. The average molecular weight is 372 g/mol. The van der Waals surface area contributed by atoms with Gasteiger partial charge in [-0.2, -0.15) is 26.3 Å². The zero-order chi connectivity index (χ0) is 18.2. The number of thiophene rings is 1. The van der Waals surface area contributed by atoms with Crippen molar-refractivity contribution in [2.45, 2.75) is 12.4 Å². The monoisotopic (exact) mass is 372 g/mol. The molecular formula is C18H10F6S. The van der Waals surface area contributed by atoms with Gasteiger partial charge in [-0.3, -0.25) is 0 Å². The van der Waals surface area contributed by atoms with Crippen LogP contribution in [0.5, 0.6) is 0 Å². The van der Waals surface area contributed by atoms with Crippen LogP contribution in [0.3, 0.4) is 0 Å². The fraction of sp³-hybridized carbons (Fsp3) is 0.111. The largest absolute Gasteiger partial charge is 0.418 e. The van der Waals surface area contributed by atoms with E-state index in [4.69, 9.17) is 0 Å². The van der Waals surface area contributed by atoms with E-state index >= 15 is 0 Å². The maximum atomic E-state index is 13.6. The molecule has 0 aliphatic carbocycles. The Morgan fingerprint density at radius 3 is 1.12 bits per heavy atom. The lowest BCUT2D eigenvalue weighted by Gasteiger charge is -2.14. The van der Waals surface area contributed by atoms with E-state index in [1.54, 1.807) is 12.1 Å². The van der Waals surface area contributed by atoms with Gasteiger partial charge in [-0.05, 0) is 11.1 Å². The maximum Gasteiger partial charge on any atom is 0.418 e. The third-order valence-electron chi connectivity index (χ3n) is 3.55. The molecule has 3 rings (SSSR count). The first-order valence-electron chi connectivity index (χ1n) is 7.11. The summed E-state index contributed by atoms with van der Waals surface area (Å²) in [6, 6.07) is 14.6. The second-order valence-corrected chi connectivity index (χ2v) is 6.26. The van der Waals surface area contributed by atoms with E-state index in [1.807, 2.05) is 0 Å². The highest BCUT2D eigenvalue weighted by Gasteiger charge is 2.48. The fourth-order valence-corrected chi connectivity index (χ4v) is 3.91. The van der Waals surface area contributed by atoms with Crippen LogP contribution < -0.4 is 0 Å². The van der Waals surface area contributed by atoms with Crippen molar-refractivity contribution in [2.24, 2.45) is 0 Å². The molecule has 0 saturated carbocycles. The van der Waals surface area contributed by atoms with Crippen LogP contribution >= 0.6 is 11.3 Å². The van der Waals surface area contributed by atoms with Crippen LogP contribution in [0, 0.1) is 0 Å². The first-order valence-corrected chi connectivity index (χ1v) is 7.93. The molecule has 7 heteroatoms. The van der Waals surface area contributed by atoms with Crippen LogP contribution in [-0.2, 0) is 12.4 Å². The van der Waals surface area contributed by atoms with Crippen molar-refractivity contribution in [1.82, 2.24) is 0 Å². The number of halogens is 6. The zero-order valence-electron chi connectivity index (χ0n) is 12.4. The number of rotatable bonds is 2. The smallest absolute Gasteiger partial charge is 0.166 e. The second-order valence-electron chi connectivity index (χ2n) is 5.24. The van der Waals surface area contributed by atoms with Crippen LogP contribution in [0.4, 0.5) is 26.3 Å². The van der Waals surface area contributed by atoms with Crippen molar-refractivity contribution in [3.8, 4) is 20.9 Å². The first kappa shape index (κ1) is 17.5. The molecule has 0 spiro atoms. The predicted octanol–water partition coefficient (Wildman–Crippen LogP) is 7.12. The summed E-state index contributed by atoms with van der Waals surface area (Å²) in [5.74, 6) is 0. The highest BCUT2D eigenvalue weighted by atomic mass is 32.1. The van der Waals surface area contributed by atoms with E-state index in [9.17, 15) is 26.3 Å². The quantitative estimate of drug-likeness (QED) is 0.420. The second kappa shape index (κ2) is 6.22. The molecule has 2 aromatic carbocycles. The van der Waals surface area contributed by atoms with Crippen molar-refractivity contribution >= 4 is 11.3 Å². The molecule has 1 aromatic heterocycles. The lowest BCUT2D eigenvalue weighted by atomic mass is 10.0. The van der Waals surface area contributed by atoms with Crippen molar-refractivity contribution in [2.75, 3.05) is 0 Å². The van der Waals surface area contributed by atoms with Gasteiger partial charge >= 0.3 is 12.4 Å². The predicted molar refractivity (Wildman–Crippen MR) is 85.2 cm³/mol. The van der Waals surface area contributed by atoms with Crippen molar-refractivity contribution in [3.63, 3.8) is 0 Å². The van der Waals surface area contributed by atoms with E-state index in [-0.39, 0.29) is 11.1 Å². The van der Waals surface area contributed by atoms with Gasteiger partial charge in [0.2, 0.25) is 0 Å². The Labute approximate surface area is 143 Å². The highest BCUT2D eigenvalue weighted by molar-refractivity contribution is 7.19. The van der Waals surface area contributed by atoms with Crippen molar-refractivity contribution < 1.29 is 26.3 Å². The van der Waals surface area contributed by atoms with E-state index < -0.39 is 33.2 Å². The lowest BCUT2D eigenvalue weighted by molar-refractivity contribution is -0.160. The molecule has 1 heterocycles. The van der Waals surface area contributed by atoms with Gasteiger partial charge in [0.15, 0.2) is 0 Å². The summed E-state index contributed by atoms with van der Waals surface area (Å²) in [4.78, 5) is -0.862. The van der Waals surface area contributed by atoms with Gasteiger partial charge < -0.3 is 0 Å². The third kappa shape index (κ3) is 3.42. The first-order chi connectivity index (χ1) is 11.7. The molecule has 0 radical (unpaired) electrons. The van der Waals surface area contributed by atoms with E-state index in [2.05, 4.69) is 0 Å². The molecule has 0 aliphatic heterocycles. The molecule has 0 N–H and O–H groups in total. The summed E-state index contributed by atoms with van der Waals surface area (Å²) in [6.07, 6.45) is -10.3. The summed E-state index contributed by atoms with van der Waals surface area (Å²) in [5.41, 5.74) is -3.05. The summed E-state index contributed by atoms with van der Waals surface area (Å²) < 4.78 is 81.4. The molecule has 0 saturated heterocycles. The Balaban J connectivity index is 2.40. The third-order valence-corrected chi connectivity index (χ3v) is 4.84. The summed E-state index contributed by atoms with van der Waals surface area (Å²) in [5, 5.41) is 0. The summed E-state index contributed by atoms with van der Waals surface area (Å²) in [6.45, 7) is 0. The van der Waals surface area contributed by atoms with E-state index in [0.717, 1.165) is 0 Å². The van der Waals surface area contributed by atoms with Crippen LogP contribution in [0.1, 0.15) is 11.1 Å². The van der Waals surface area contributed by atoms with Crippen molar-refractivity contribution in [1.29, 1.82) is 0 Å². The minimum absolute atomic E-state index is 0.104. The molecule has 0 unspecified atom stereocenters. The van der Waals surface area contributed by atoms with Gasteiger partial charge in [0, 0.05) is 9.75 Å². The van der Waals surface area contributed by atoms with E-state index in [0.29, 0.717) is 11.3 Å². The average Bonchev–Trinajstić information content (AvgIpc) is 2.98. The normalized spacial score (nSPS) is 12.4. The number of benzene rings is 2. The highest BCUT2D eigenvalue weighted by Crippen LogP contribution is 2.53. The zero-order valence-corrected chi connectivity index (χ0v) is 13.3. The van der Waals surface area contributed by atoms with Gasteiger partial charge in [0.1, 0.15) is 0 Å². The topological polar surface area (TPSA) is 0 Å². The Bertz CT molecular complexity index is 788. The number of alkyl halides is 6. The lowest BCUT2D eigenvalue weighted by Crippen LogP contribution is -2.16. The van der Waals surface area contributed by atoms with Gasteiger partial charge in [0.05, 0.1) is 11.1 Å². The Morgan fingerprint density at radius 2 is 0.840 bits per heavy atom. The molecular weight excluding hydrogens is 362 g/mol. The van der Waals surface area contributed by atoms with Crippen LogP contribution in [0.25, 0.3) is 20.9 Å². The molecule has 3 aromatic rings. The molecule has 25 heavy (non-hydrogen) atoms. The molecule has 130 valence electrons. The van der Waals surface area contributed by atoms with Crippen LogP contribution in [0.15, 0.2) is 60.7 Å². The van der Waals surface area contributed by atoms with Crippen LogP contribution in [0.2, 0.25) is 0 Å². The molecule has 0 fully saturated rings. The van der Waals surface area contributed by atoms with Crippen LogP contribution in [-0.4, -0.2) is 0 Å². The minimum Gasteiger partial charge on any atom is -0.166 e. The Hall–Kier alpha value is -2.28. The number of hydrogen-bond acceptors (Lipinski definition) is 1. The fourth-order valence-electron chi connectivity index (χ4n) is 2.56. The molecule has 0 nitrogen and oxygen atoms in total. The van der Waals surface area contributed by atoms with Crippen molar-refractivity contribution in [3.05, 3.63) is 71.8 Å². The SMILES string of the molecule is FC(F)(F)c1c(-c2ccccc2)sc(-c2ccccc2)c1C(F)(F)F. The summed E-state index contributed by atoms with van der Waals surface area (Å²) in [7, 11) is 0. The maximum absolute atomic E-state index is 13.6. The van der Waals surface area contributed by atoms with E-state index in [1.165, 1.54) is 48.5 Å². The van der Waals surface area contributed by atoms with Gasteiger partial charge in [-0.15, -0.1) is 11.3 Å². The van der Waals surface area contributed by atoms with Gasteiger partial charge in [0.25, 0.3) is 0 Å². The number of hydrogen-bond donors (Lipinski definition) is 0.